The number of hydrogen-bond donors (Lipinski definition) is 0. The lowest BCUT2D eigenvalue weighted by Gasteiger charge is -2.38. The van der Waals surface area contributed by atoms with Crippen molar-refractivity contribution in [2.75, 3.05) is 27.9 Å². The summed E-state index contributed by atoms with van der Waals surface area (Å²) in [5, 5.41) is 0. The minimum Gasteiger partial charge on any atom is -0.493 e. The van der Waals surface area contributed by atoms with E-state index in [-0.39, 0.29) is 23.9 Å². The highest BCUT2D eigenvalue weighted by molar-refractivity contribution is 6.12. The summed E-state index contributed by atoms with van der Waals surface area (Å²) in [5.41, 5.74) is 3.16. The Morgan fingerprint density at radius 1 is 0.897 bits per heavy atom. The zero-order valence-electron chi connectivity index (χ0n) is 23.0. The lowest BCUT2D eigenvalue weighted by atomic mass is 9.66. The number of benzene rings is 2. The van der Waals surface area contributed by atoms with E-state index in [4.69, 9.17) is 28.7 Å². The van der Waals surface area contributed by atoms with Crippen LogP contribution in [0.15, 0.2) is 52.7 Å². The highest BCUT2D eigenvalue weighted by Gasteiger charge is 2.46. The summed E-state index contributed by atoms with van der Waals surface area (Å²) < 4.78 is 27.0. The molecule has 0 spiro atoms. The first-order valence-electron chi connectivity index (χ1n) is 12.8. The zero-order chi connectivity index (χ0) is 28.3. The summed E-state index contributed by atoms with van der Waals surface area (Å²) in [4.78, 5) is 43.2. The van der Waals surface area contributed by atoms with E-state index in [9.17, 15) is 14.4 Å². The molecular weight excluding hydrogens is 502 g/mol. The number of nitrogens with zero attached hydrogens (tertiary/aromatic N) is 1. The van der Waals surface area contributed by atoms with E-state index < -0.39 is 23.8 Å². The van der Waals surface area contributed by atoms with Crippen molar-refractivity contribution >= 4 is 23.4 Å². The first-order valence-corrected chi connectivity index (χ1v) is 12.8. The molecule has 3 atom stereocenters. The van der Waals surface area contributed by atoms with Crippen LogP contribution in [0.5, 0.6) is 23.0 Å². The molecule has 1 aliphatic heterocycles. The van der Waals surface area contributed by atoms with Crippen molar-refractivity contribution in [3.8, 4) is 23.0 Å². The molecule has 0 radical (unpaired) electrons. The van der Waals surface area contributed by atoms with Crippen LogP contribution in [0, 0.1) is 5.92 Å². The van der Waals surface area contributed by atoms with E-state index in [1.807, 2.05) is 25.1 Å². The number of aliphatic imine (C=N–C) groups is 1. The molecule has 0 bridgehead atoms. The molecule has 39 heavy (non-hydrogen) atoms. The molecule has 206 valence electrons. The fraction of sp³-hybridized carbons (Fsp3) is 0.400. The van der Waals surface area contributed by atoms with E-state index in [1.165, 1.54) is 14.0 Å². The number of allylic oxidation sites excluding steroid dienone is 1. The van der Waals surface area contributed by atoms with Gasteiger partial charge < -0.3 is 23.7 Å². The molecule has 1 heterocycles. The molecule has 2 aliphatic rings. The number of carbonyl (C=O) groups is 3. The van der Waals surface area contributed by atoms with Gasteiger partial charge in [0, 0.05) is 30.7 Å². The third-order valence-corrected chi connectivity index (χ3v) is 7.12. The van der Waals surface area contributed by atoms with Gasteiger partial charge in [0.2, 0.25) is 0 Å². The molecule has 0 aromatic heterocycles. The van der Waals surface area contributed by atoms with Gasteiger partial charge in [0.05, 0.1) is 39.4 Å². The van der Waals surface area contributed by atoms with Gasteiger partial charge in [-0.3, -0.25) is 14.6 Å². The van der Waals surface area contributed by atoms with Crippen molar-refractivity contribution in [2.24, 2.45) is 10.9 Å². The third-order valence-electron chi connectivity index (χ3n) is 7.12. The van der Waals surface area contributed by atoms with Crippen molar-refractivity contribution in [2.45, 2.75) is 45.4 Å². The highest BCUT2D eigenvalue weighted by atomic mass is 16.6. The van der Waals surface area contributed by atoms with Crippen LogP contribution >= 0.6 is 0 Å². The molecule has 2 aromatic rings. The first kappa shape index (κ1) is 27.9. The fourth-order valence-corrected chi connectivity index (χ4v) is 5.48. The monoisotopic (exact) mass is 535 g/mol. The number of ether oxygens (including phenoxy) is 5. The third kappa shape index (κ3) is 5.53. The predicted molar refractivity (Wildman–Crippen MR) is 144 cm³/mol. The van der Waals surface area contributed by atoms with Gasteiger partial charge in [-0.2, -0.15) is 0 Å². The molecule has 1 fully saturated rings. The SMILES string of the molecule is CCOc1cc([C@H]2C(C(=O)OC)=C(C)N=C3C[C@@H](c4ccc(OC)c(OC)c4)CC(=O)C32)ccc1OC(C)=O. The Morgan fingerprint density at radius 3 is 2.21 bits per heavy atom. The van der Waals surface area contributed by atoms with Gasteiger partial charge in [0.1, 0.15) is 5.78 Å². The number of methoxy groups -OCH3 is 3. The van der Waals surface area contributed by atoms with Crippen LogP contribution in [0.1, 0.15) is 56.6 Å². The second-order valence-electron chi connectivity index (χ2n) is 9.47. The van der Waals surface area contributed by atoms with Gasteiger partial charge in [-0.25, -0.2) is 4.79 Å². The molecule has 4 rings (SSSR count). The van der Waals surface area contributed by atoms with Crippen LogP contribution in [0.4, 0.5) is 0 Å². The quantitative estimate of drug-likeness (QED) is 0.351. The van der Waals surface area contributed by atoms with Crippen molar-refractivity contribution in [1.82, 2.24) is 0 Å². The number of ketones is 1. The van der Waals surface area contributed by atoms with E-state index in [2.05, 4.69) is 0 Å². The Kier molecular flexibility index (Phi) is 8.38. The topological polar surface area (TPSA) is 110 Å². The molecule has 9 heteroatoms. The molecule has 2 aromatic carbocycles. The van der Waals surface area contributed by atoms with E-state index in [0.717, 1.165) is 5.56 Å². The number of fused-ring (bicyclic) bond motifs is 1. The summed E-state index contributed by atoms with van der Waals surface area (Å²) in [7, 11) is 4.46. The summed E-state index contributed by atoms with van der Waals surface area (Å²) in [6.45, 7) is 5.22. The minimum atomic E-state index is -0.645. The maximum absolute atomic E-state index is 13.8. The molecule has 0 N–H and O–H groups in total. The lowest BCUT2D eigenvalue weighted by Crippen LogP contribution is -2.41. The highest BCUT2D eigenvalue weighted by Crippen LogP contribution is 2.48. The molecule has 1 unspecified atom stereocenters. The van der Waals surface area contributed by atoms with E-state index >= 15 is 0 Å². The van der Waals surface area contributed by atoms with Gasteiger partial charge in [0.15, 0.2) is 23.0 Å². The van der Waals surface area contributed by atoms with Crippen LogP contribution < -0.4 is 18.9 Å². The number of carbonyl (C=O) groups excluding carboxylic acids is 3. The van der Waals surface area contributed by atoms with Crippen molar-refractivity contribution in [1.29, 1.82) is 0 Å². The summed E-state index contributed by atoms with van der Waals surface area (Å²) in [6.07, 6.45) is 0.811. The standard InChI is InChI=1S/C30H33NO8/c1-7-38-26-15-19(9-11-24(26)39-17(3)32)28-27(30(34)37-6)16(2)31-21-12-20(13-22(33)29(21)28)18-8-10-23(35-4)25(14-18)36-5/h8-11,14-15,20,28-29H,7,12-13H2,1-6H3/t20-,28+,29?/m1/s1. The maximum Gasteiger partial charge on any atom is 0.336 e. The molecule has 1 saturated carbocycles. The Morgan fingerprint density at radius 2 is 1.56 bits per heavy atom. The molecule has 1 aliphatic carbocycles. The number of rotatable bonds is 8. The smallest absolute Gasteiger partial charge is 0.336 e. The second kappa shape index (κ2) is 11.7. The predicted octanol–water partition coefficient (Wildman–Crippen LogP) is 4.78. The summed E-state index contributed by atoms with van der Waals surface area (Å²) in [5.74, 6) is -0.616. The number of esters is 2. The van der Waals surface area contributed by atoms with Gasteiger partial charge in [0.25, 0.3) is 0 Å². The average molecular weight is 536 g/mol. The Hall–Kier alpha value is -4.14. The molecule has 9 nitrogen and oxygen atoms in total. The van der Waals surface area contributed by atoms with Crippen LogP contribution in [-0.4, -0.2) is 51.4 Å². The van der Waals surface area contributed by atoms with Gasteiger partial charge >= 0.3 is 11.9 Å². The van der Waals surface area contributed by atoms with E-state index in [1.54, 1.807) is 39.3 Å². The maximum atomic E-state index is 13.8. The first-order chi connectivity index (χ1) is 18.7. The van der Waals surface area contributed by atoms with Crippen LogP contribution in [0.2, 0.25) is 0 Å². The molecule has 0 amide bonds. The van der Waals surface area contributed by atoms with Crippen LogP contribution in [0.25, 0.3) is 0 Å². The second-order valence-corrected chi connectivity index (χ2v) is 9.47. The van der Waals surface area contributed by atoms with Crippen LogP contribution in [-0.2, 0) is 19.1 Å². The van der Waals surface area contributed by atoms with Gasteiger partial charge in [-0.1, -0.05) is 12.1 Å². The fourth-order valence-electron chi connectivity index (χ4n) is 5.48. The number of hydrogen-bond acceptors (Lipinski definition) is 9. The van der Waals surface area contributed by atoms with Crippen LogP contribution in [0.3, 0.4) is 0 Å². The average Bonchev–Trinajstić information content (AvgIpc) is 2.92. The Labute approximate surface area is 227 Å². The van der Waals surface area contributed by atoms with E-state index in [0.29, 0.717) is 52.8 Å². The molecule has 0 saturated heterocycles. The summed E-state index contributed by atoms with van der Waals surface area (Å²) >= 11 is 0. The Bertz CT molecular complexity index is 1360. The normalized spacial score (nSPS) is 20.5. The minimum absolute atomic E-state index is 0.0271. The lowest BCUT2D eigenvalue weighted by molar-refractivity contribution is -0.136. The van der Waals surface area contributed by atoms with Crippen molar-refractivity contribution < 1.29 is 38.1 Å². The number of Topliss-reactive ketones (excluding diaryl/α,β-unsaturated/α-hetero) is 1. The van der Waals surface area contributed by atoms with Gasteiger partial charge in [-0.05, 0) is 61.6 Å². The van der Waals surface area contributed by atoms with Gasteiger partial charge in [-0.15, -0.1) is 0 Å². The van der Waals surface area contributed by atoms with Crippen molar-refractivity contribution in [3.63, 3.8) is 0 Å². The largest absolute Gasteiger partial charge is 0.493 e. The van der Waals surface area contributed by atoms with Crippen molar-refractivity contribution in [3.05, 3.63) is 58.8 Å². The summed E-state index contributed by atoms with van der Waals surface area (Å²) in [6, 6.07) is 10.7. The molecular formula is C30H33NO8. The zero-order valence-corrected chi connectivity index (χ0v) is 23.0. The Balaban J connectivity index is 1.78.